The Morgan fingerprint density at radius 2 is 2.25 bits per heavy atom. The summed E-state index contributed by atoms with van der Waals surface area (Å²) in [7, 11) is 0. The van der Waals surface area contributed by atoms with Crippen LogP contribution in [0.2, 0.25) is 0 Å². The smallest absolute Gasteiger partial charge is 0.223 e. The standard InChI is InChI=1S/C17H24N2O/c1-3-14-6-4-7-15-16(14)19(13(2)20)11-5-8-17(15)9-10-18-12-17/h4,6-7,18H,3,5,8-12H2,1-2H3. The highest BCUT2D eigenvalue weighted by Gasteiger charge is 2.40. The minimum atomic E-state index is 0.176. The summed E-state index contributed by atoms with van der Waals surface area (Å²) >= 11 is 0. The molecule has 0 bridgehead atoms. The summed E-state index contributed by atoms with van der Waals surface area (Å²) in [5, 5.41) is 3.53. The van der Waals surface area contributed by atoms with Gasteiger partial charge in [-0.1, -0.05) is 25.1 Å². The van der Waals surface area contributed by atoms with E-state index in [0.29, 0.717) is 0 Å². The number of hydrogen-bond acceptors (Lipinski definition) is 2. The van der Waals surface area contributed by atoms with Gasteiger partial charge in [-0.3, -0.25) is 4.79 Å². The van der Waals surface area contributed by atoms with Crippen molar-refractivity contribution in [3.63, 3.8) is 0 Å². The molecule has 3 rings (SSSR count). The maximum Gasteiger partial charge on any atom is 0.223 e. The number of carbonyl (C=O) groups excluding carboxylic acids is 1. The van der Waals surface area contributed by atoms with Gasteiger partial charge in [0.25, 0.3) is 0 Å². The van der Waals surface area contributed by atoms with E-state index in [1.165, 1.54) is 29.7 Å². The molecule has 1 amide bonds. The first kappa shape index (κ1) is 13.6. The number of nitrogens with zero attached hydrogens (tertiary/aromatic N) is 1. The molecule has 2 aliphatic heterocycles. The lowest BCUT2D eigenvalue weighted by atomic mass is 9.75. The first-order valence-corrected chi connectivity index (χ1v) is 7.79. The van der Waals surface area contributed by atoms with Crippen LogP contribution in [0.4, 0.5) is 5.69 Å². The van der Waals surface area contributed by atoms with Crippen molar-refractivity contribution < 1.29 is 4.79 Å². The van der Waals surface area contributed by atoms with E-state index in [-0.39, 0.29) is 11.3 Å². The van der Waals surface area contributed by atoms with Gasteiger partial charge in [-0.25, -0.2) is 0 Å². The molecule has 1 fully saturated rings. The van der Waals surface area contributed by atoms with E-state index >= 15 is 0 Å². The van der Waals surface area contributed by atoms with Crippen molar-refractivity contribution in [2.75, 3.05) is 24.5 Å². The van der Waals surface area contributed by atoms with Crippen LogP contribution in [0.25, 0.3) is 0 Å². The molecule has 2 heterocycles. The summed E-state index contributed by atoms with van der Waals surface area (Å²) in [5.74, 6) is 0.176. The largest absolute Gasteiger partial charge is 0.316 e. The molecule has 1 unspecified atom stereocenters. The van der Waals surface area contributed by atoms with Crippen LogP contribution >= 0.6 is 0 Å². The monoisotopic (exact) mass is 272 g/mol. The number of nitrogens with one attached hydrogen (secondary N) is 1. The number of amides is 1. The van der Waals surface area contributed by atoms with Crippen molar-refractivity contribution >= 4 is 11.6 Å². The Kier molecular flexibility index (Phi) is 3.55. The van der Waals surface area contributed by atoms with Gasteiger partial charge in [-0.15, -0.1) is 0 Å². The molecule has 3 heteroatoms. The number of carbonyl (C=O) groups is 1. The van der Waals surface area contributed by atoms with Crippen molar-refractivity contribution in [3.05, 3.63) is 29.3 Å². The maximum absolute atomic E-state index is 12.1. The summed E-state index contributed by atoms with van der Waals surface area (Å²) in [6, 6.07) is 6.60. The molecule has 1 aromatic rings. The lowest BCUT2D eigenvalue weighted by Crippen LogP contribution is -2.32. The molecule has 20 heavy (non-hydrogen) atoms. The number of fused-ring (bicyclic) bond motifs is 2. The lowest BCUT2D eigenvalue weighted by Gasteiger charge is -2.31. The Hall–Kier alpha value is -1.35. The van der Waals surface area contributed by atoms with Crippen LogP contribution in [0, 0.1) is 0 Å². The average molecular weight is 272 g/mol. The van der Waals surface area contributed by atoms with Gasteiger partial charge in [0.1, 0.15) is 0 Å². The molecule has 1 saturated heterocycles. The molecule has 0 saturated carbocycles. The number of aryl methyl sites for hydroxylation is 1. The molecule has 1 N–H and O–H groups in total. The summed E-state index contributed by atoms with van der Waals surface area (Å²) in [5.41, 5.74) is 4.16. The predicted molar refractivity (Wildman–Crippen MR) is 82.2 cm³/mol. The van der Waals surface area contributed by atoms with Crippen LogP contribution < -0.4 is 10.2 Å². The van der Waals surface area contributed by atoms with Crippen LogP contribution in [-0.4, -0.2) is 25.5 Å². The van der Waals surface area contributed by atoms with Crippen LogP contribution in [0.1, 0.15) is 44.2 Å². The highest BCUT2D eigenvalue weighted by Crippen LogP contribution is 2.44. The Labute approximate surface area is 121 Å². The van der Waals surface area contributed by atoms with Gasteiger partial charge >= 0.3 is 0 Å². The minimum absolute atomic E-state index is 0.176. The van der Waals surface area contributed by atoms with Crippen LogP contribution in [0.3, 0.4) is 0 Å². The van der Waals surface area contributed by atoms with Crippen LogP contribution in [0.15, 0.2) is 18.2 Å². The molecule has 2 aliphatic rings. The fraction of sp³-hybridized carbons (Fsp3) is 0.588. The van der Waals surface area contributed by atoms with E-state index in [4.69, 9.17) is 0 Å². The molecular weight excluding hydrogens is 248 g/mol. The molecule has 0 aliphatic carbocycles. The van der Waals surface area contributed by atoms with E-state index in [2.05, 4.69) is 30.4 Å². The Balaban J connectivity index is 2.19. The zero-order chi connectivity index (χ0) is 14.2. The zero-order valence-corrected chi connectivity index (χ0v) is 12.5. The number of benzene rings is 1. The van der Waals surface area contributed by atoms with Crippen molar-refractivity contribution in [2.24, 2.45) is 0 Å². The first-order chi connectivity index (χ1) is 9.68. The number of anilines is 1. The minimum Gasteiger partial charge on any atom is -0.316 e. The molecule has 1 aromatic carbocycles. The van der Waals surface area contributed by atoms with Crippen molar-refractivity contribution in [3.8, 4) is 0 Å². The highest BCUT2D eigenvalue weighted by molar-refractivity contribution is 5.93. The summed E-state index contributed by atoms with van der Waals surface area (Å²) in [4.78, 5) is 14.1. The van der Waals surface area contributed by atoms with Gasteiger partial charge < -0.3 is 10.2 Å². The number of rotatable bonds is 1. The van der Waals surface area contributed by atoms with E-state index in [1.807, 2.05) is 4.90 Å². The molecular formula is C17H24N2O. The van der Waals surface area contributed by atoms with Gasteiger partial charge in [0.2, 0.25) is 5.91 Å². The number of hydrogen-bond donors (Lipinski definition) is 1. The van der Waals surface area contributed by atoms with E-state index in [9.17, 15) is 4.79 Å². The second-order valence-corrected chi connectivity index (χ2v) is 6.15. The van der Waals surface area contributed by atoms with Crippen molar-refractivity contribution in [1.29, 1.82) is 0 Å². The molecule has 1 atom stereocenters. The molecule has 1 spiro atoms. The Bertz CT molecular complexity index is 518. The topological polar surface area (TPSA) is 32.3 Å². The fourth-order valence-corrected chi connectivity index (χ4v) is 3.95. The third-order valence-corrected chi connectivity index (χ3v) is 5.00. The Morgan fingerprint density at radius 3 is 2.90 bits per heavy atom. The molecule has 3 nitrogen and oxygen atoms in total. The average Bonchev–Trinajstić information content (AvgIpc) is 2.85. The normalized spacial score (nSPS) is 25.6. The SMILES string of the molecule is CCc1cccc2c1N(C(C)=O)CCCC21CCNC1. The summed E-state index contributed by atoms with van der Waals surface area (Å²) < 4.78 is 0. The lowest BCUT2D eigenvalue weighted by molar-refractivity contribution is -0.116. The first-order valence-electron chi connectivity index (χ1n) is 7.79. The molecule has 108 valence electrons. The van der Waals surface area contributed by atoms with E-state index in [1.54, 1.807) is 6.92 Å². The van der Waals surface area contributed by atoms with Gasteiger partial charge in [0.05, 0.1) is 5.69 Å². The van der Waals surface area contributed by atoms with E-state index in [0.717, 1.165) is 32.5 Å². The summed E-state index contributed by atoms with van der Waals surface area (Å²) in [6.45, 7) is 6.88. The second kappa shape index (κ2) is 5.21. The zero-order valence-electron chi connectivity index (χ0n) is 12.5. The van der Waals surface area contributed by atoms with Crippen LogP contribution in [-0.2, 0) is 16.6 Å². The van der Waals surface area contributed by atoms with E-state index < -0.39 is 0 Å². The molecule has 0 radical (unpaired) electrons. The number of para-hydroxylation sites is 1. The second-order valence-electron chi connectivity index (χ2n) is 6.15. The summed E-state index contributed by atoms with van der Waals surface area (Å²) in [6.07, 6.45) is 4.46. The predicted octanol–water partition coefficient (Wildman–Crippen LogP) is 2.63. The van der Waals surface area contributed by atoms with Crippen molar-refractivity contribution in [1.82, 2.24) is 5.32 Å². The van der Waals surface area contributed by atoms with Crippen molar-refractivity contribution in [2.45, 2.75) is 44.9 Å². The van der Waals surface area contributed by atoms with Gasteiger partial charge in [0.15, 0.2) is 0 Å². The van der Waals surface area contributed by atoms with Gasteiger partial charge in [-0.2, -0.15) is 0 Å². The Morgan fingerprint density at radius 1 is 1.40 bits per heavy atom. The van der Waals surface area contributed by atoms with Crippen LogP contribution in [0.5, 0.6) is 0 Å². The highest BCUT2D eigenvalue weighted by atomic mass is 16.2. The third kappa shape index (κ3) is 2.05. The quantitative estimate of drug-likeness (QED) is 0.852. The van der Waals surface area contributed by atoms with Gasteiger partial charge in [0, 0.05) is 25.4 Å². The molecule has 0 aromatic heterocycles. The third-order valence-electron chi connectivity index (χ3n) is 5.00. The fourth-order valence-electron chi connectivity index (χ4n) is 3.95. The maximum atomic E-state index is 12.1. The van der Waals surface area contributed by atoms with Gasteiger partial charge in [-0.05, 0) is 43.4 Å².